The number of likely N-dealkylation sites (N-methyl/N-ethyl adjacent to an activating group) is 1. The fraction of sp³-hybridized carbons (Fsp3) is 0.533. The van der Waals surface area contributed by atoms with E-state index in [9.17, 15) is 17.6 Å². The van der Waals surface area contributed by atoms with Gasteiger partial charge >= 0.3 is 0 Å². The van der Waals surface area contributed by atoms with E-state index in [-0.39, 0.29) is 16.8 Å². The number of carbonyl (C=O) groups is 1. The highest BCUT2D eigenvalue weighted by Gasteiger charge is 2.34. The number of hydrogen-bond acceptors (Lipinski definition) is 3. The molecule has 2 rings (SSSR count). The minimum Gasteiger partial charge on any atom is -0.351 e. The lowest BCUT2D eigenvalue weighted by atomic mass is 10.2. The highest BCUT2D eigenvalue weighted by molar-refractivity contribution is 7.89. The maximum absolute atomic E-state index is 13.3. The summed E-state index contributed by atoms with van der Waals surface area (Å²) in [6.45, 7) is 6.02. The predicted molar refractivity (Wildman–Crippen MR) is 84.0 cm³/mol. The van der Waals surface area contributed by atoms with Crippen molar-refractivity contribution in [3.8, 4) is 0 Å². The molecule has 0 spiro atoms. The molecule has 1 amide bonds. The van der Waals surface area contributed by atoms with Gasteiger partial charge in [-0.15, -0.1) is 0 Å². The van der Waals surface area contributed by atoms with Crippen LogP contribution in [0.15, 0.2) is 29.2 Å². The van der Waals surface area contributed by atoms with E-state index < -0.39 is 15.8 Å². The lowest BCUT2D eigenvalue weighted by Gasteiger charge is -2.34. The Kier molecular flexibility index (Phi) is 5.72. The average Bonchev–Trinajstić information content (AvgIpc) is 2.54. The first kappa shape index (κ1) is 17.8. The molecule has 0 aliphatic carbocycles. The Morgan fingerprint density at radius 2 is 2.04 bits per heavy atom. The number of nitrogens with zero attached hydrogens (tertiary/aromatic N) is 1. The predicted octanol–water partition coefficient (Wildman–Crippen LogP) is -0.760. The molecule has 0 unspecified atom stereocenters. The van der Waals surface area contributed by atoms with Gasteiger partial charge in [0.05, 0.1) is 31.1 Å². The van der Waals surface area contributed by atoms with Crippen LogP contribution < -0.4 is 10.2 Å². The van der Waals surface area contributed by atoms with Crippen LogP contribution in [0.25, 0.3) is 0 Å². The first-order valence-electron chi connectivity index (χ1n) is 7.74. The van der Waals surface area contributed by atoms with E-state index in [1.165, 1.54) is 22.5 Å². The van der Waals surface area contributed by atoms with Crippen LogP contribution in [-0.2, 0) is 14.8 Å². The molecule has 1 fully saturated rings. The van der Waals surface area contributed by atoms with E-state index in [1.807, 2.05) is 13.8 Å². The minimum atomic E-state index is -3.68. The van der Waals surface area contributed by atoms with Gasteiger partial charge in [0.2, 0.25) is 10.0 Å². The molecule has 0 aromatic heterocycles. The Bertz CT molecular complexity index is 658. The molecular weight excluding hydrogens is 321 g/mol. The second-order valence-corrected chi connectivity index (χ2v) is 7.57. The molecule has 1 aliphatic heterocycles. The molecule has 1 heterocycles. The molecule has 1 aromatic rings. The van der Waals surface area contributed by atoms with E-state index in [2.05, 4.69) is 5.32 Å². The number of hydrogen-bond donors (Lipinski definition) is 2. The van der Waals surface area contributed by atoms with Gasteiger partial charge in [-0.1, -0.05) is 6.07 Å². The molecule has 1 aromatic carbocycles. The number of sulfonamides is 1. The standard InChI is InChI=1S/C15H22FN3O3S/c1-3-17-15(20)12(2)18-7-9-19(10-8-18)23(21,22)14-6-4-5-13(16)11-14/h4-6,11-12H,3,7-10H2,1-2H3,(H,17,20)/p+1/t12-/m1/s1. The summed E-state index contributed by atoms with van der Waals surface area (Å²) < 4.78 is 39.7. The number of nitrogens with one attached hydrogen (secondary N) is 2. The number of rotatable bonds is 5. The van der Waals surface area contributed by atoms with Crippen molar-refractivity contribution in [3.05, 3.63) is 30.1 Å². The fourth-order valence-electron chi connectivity index (χ4n) is 2.74. The Labute approximate surface area is 136 Å². The van der Waals surface area contributed by atoms with Gasteiger partial charge in [-0.2, -0.15) is 4.31 Å². The summed E-state index contributed by atoms with van der Waals surface area (Å²) in [5, 5.41) is 2.78. The van der Waals surface area contributed by atoms with Crippen LogP contribution >= 0.6 is 0 Å². The minimum absolute atomic E-state index is 0.0241. The van der Waals surface area contributed by atoms with Gasteiger partial charge in [0, 0.05) is 6.54 Å². The van der Waals surface area contributed by atoms with E-state index in [1.54, 1.807) is 0 Å². The van der Waals surface area contributed by atoms with Crippen LogP contribution in [0.2, 0.25) is 0 Å². The van der Waals surface area contributed by atoms with Crippen molar-refractivity contribution < 1.29 is 22.5 Å². The van der Waals surface area contributed by atoms with Crippen molar-refractivity contribution in [3.63, 3.8) is 0 Å². The molecule has 0 radical (unpaired) electrons. The van der Waals surface area contributed by atoms with Gasteiger partial charge in [-0.05, 0) is 32.0 Å². The lowest BCUT2D eigenvalue weighted by Crippen LogP contribution is -3.19. The molecule has 1 aliphatic rings. The third-order valence-electron chi connectivity index (χ3n) is 4.16. The Balaban J connectivity index is 2.02. The van der Waals surface area contributed by atoms with Crippen LogP contribution in [0.4, 0.5) is 4.39 Å². The second-order valence-electron chi connectivity index (χ2n) is 5.64. The van der Waals surface area contributed by atoms with Gasteiger partial charge in [-0.25, -0.2) is 12.8 Å². The summed E-state index contributed by atoms with van der Waals surface area (Å²) in [6.07, 6.45) is 0. The first-order valence-corrected chi connectivity index (χ1v) is 9.18. The number of piperazine rings is 1. The Morgan fingerprint density at radius 3 is 2.61 bits per heavy atom. The Morgan fingerprint density at radius 1 is 1.39 bits per heavy atom. The summed E-state index contributed by atoms with van der Waals surface area (Å²) in [5.74, 6) is -0.593. The van der Waals surface area contributed by atoms with Gasteiger partial charge in [0.1, 0.15) is 5.82 Å². The zero-order valence-electron chi connectivity index (χ0n) is 13.4. The number of amides is 1. The molecule has 8 heteroatoms. The Hall–Kier alpha value is -1.51. The van der Waals surface area contributed by atoms with Crippen molar-refractivity contribution in [2.75, 3.05) is 32.7 Å². The van der Waals surface area contributed by atoms with Crippen LogP contribution in [0.1, 0.15) is 13.8 Å². The molecule has 0 saturated carbocycles. The summed E-state index contributed by atoms with van der Waals surface area (Å²) in [6, 6.07) is 4.82. The van der Waals surface area contributed by atoms with Crippen LogP contribution in [-0.4, -0.2) is 57.4 Å². The van der Waals surface area contributed by atoms with Gasteiger partial charge in [-0.3, -0.25) is 4.79 Å². The quantitative estimate of drug-likeness (QED) is 0.738. The number of quaternary nitrogens is 1. The SMILES string of the molecule is CCNC(=O)[C@@H](C)[NH+]1CCN(S(=O)(=O)c2cccc(F)c2)CC1. The molecule has 23 heavy (non-hydrogen) atoms. The summed E-state index contributed by atoms with van der Waals surface area (Å²) in [5.41, 5.74) is 0. The third-order valence-corrected chi connectivity index (χ3v) is 6.05. The summed E-state index contributed by atoms with van der Waals surface area (Å²) >= 11 is 0. The summed E-state index contributed by atoms with van der Waals surface area (Å²) in [7, 11) is -3.68. The van der Waals surface area contributed by atoms with E-state index in [0.29, 0.717) is 32.7 Å². The maximum atomic E-state index is 13.3. The van der Waals surface area contributed by atoms with Crippen LogP contribution in [0.5, 0.6) is 0 Å². The zero-order valence-corrected chi connectivity index (χ0v) is 14.2. The van der Waals surface area contributed by atoms with Gasteiger partial charge < -0.3 is 10.2 Å². The third kappa shape index (κ3) is 4.07. The number of carbonyl (C=O) groups excluding carboxylic acids is 1. The zero-order chi connectivity index (χ0) is 17.0. The van der Waals surface area contributed by atoms with E-state index in [4.69, 9.17) is 0 Å². The van der Waals surface area contributed by atoms with Crippen molar-refractivity contribution in [2.24, 2.45) is 0 Å². The number of benzene rings is 1. The first-order chi connectivity index (χ1) is 10.9. The molecule has 0 bridgehead atoms. The van der Waals surface area contributed by atoms with Crippen molar-refractivity contribution in [1.29, 1.82) is 0 Å². The average molecular weight is 344 g/mol. The monoisotopic (exact) mass is 344 g/mol. The second kappa shape index (κ2) is 7.37. The maximum Gasteiger partial charge on any atom is 0.278 e. The topological polar surface area (TPSA) is 70.9 Å². The molecule has 1 atom stereocenters. The molecular formula is C15H23FN3O3S+. The molecule has 128 valence electrons. The molecule has 1 saturated heterocycles. The van der Waals surface area contributed by atoms with Gasteiger partial charge in [0.25, 0.3) is 5.91 Å². The van der Waals surface area contributed by atoms with Crippen molar-refractivity contribution in [2.45, 2.75) is 24.8 Å². The molecule has 2 N–H and O–H groups in total. The molecule has 6 nitrogen and oxygen atoms in total. The van der Waals surface area contributed by atoms with E-state index in [0.717, 1.165) is 11.0 Å². The van der Waals surface area contributed by atoms with Crippen molar-refractivity contribution in [1.82, 2.24) is 9.62 Å². The highest BCUT2D eigenvalue weighted by Crippen LogP contribution is 2.16. The lowest BCUT2D eigenvalue weighted by molar-refractivity contribution is -0.917. The normalized spacial score (nSPS) is 18.6. The van der Waals surface area contributed by atoms with Crippen LogP contribution in [0.3, 0.4) is 0 Å². The van der Waals surface area contributed by atoms with E-state index >= 15 is 0 Å². The van der Waals surface area contributed by atoms with Crippen LogP contribution in [0, 0.1) is 5.82 Å². The number of halogens is 1. The largest absolute Gasteiger partial charge is 0.351 e. The van der Waals surface area contributed by atoms with Crippen molar-refractivity contribution >= 4 is 15.9 Å². The highest BCUT2D eigenvalue weighted by atomic mass is 32.2. The fourth-order valence-corrected chi connectivity index (χ4v) is 4.21. The summed E-state index contributed by atoms with van der Waals surface area (Å²) in [4.78, 5) is 12.9. The smallest absolute Gasteiger partial charge is 0.278 e. The van der Waals surface area contributed by atoms with Gasteiger partial charge in [0.15, 0.2) is 6.04 Å².